The molecule has 2 rings (SSSR count). The Morgan fingerprint density at radius 1 is 1.53 bits per heavy atom. The molecule has 1 heterocycles. The maximum absolute atomic E-state index is 9.91. The number of ether oxygens (including phenoxy) is 2. The lowest BCUT2D eigenvalue weighted by molar-refractivity contribution is -0.00440. The zero-order valence-corrected chi connectivity index (χ0v) is 12.9. The molecule has 0 aromatic heterocycles. The predicted octanol–water partition coefficient (Wildman–Crippen LogP) is 2.77. The van der Waals surface area contributed by atoms with Gasteiger partial charge in [-0.2, -0.15) is 0 Å². The van der Waals surface area contributed by atoms with Crippen molar-refractivity contribution in [1.29, 1.82) is 0 Å². The molecule has 4 nitrogen and oxygen atoms in total. The number of morpholine rings is 1. The largest absolute Gasteiger partial charge is 0.503 e. The van der Waals surface area contributed by atoms with Gasteiger partial charge in [-0.3, -0.25) is 4.90 Å². The van der Waals surface area contributed by atoms with Crippen molar-refractivity contribution in [2.75, 3.05) is 26.4 Å². The lowest BCUT2D eigenvalue weighted by Gasteiger charge is -2.33. The Hall–Kier alpha value is -0.780. The van der Waals surface area contributed by atoms with E-state index in [9.17, 15) is 5.11 Å². The van der Waals surface area contributed by atoms with Gasteiger partial charge in [-0.05, 0) is 47.5 Å². The van der Waals surface area contributed by atoms with E-state index in [2.05, 4.69) is 27.8 Å². The quantitative estimate of drug-likeness (QED) is 0.922. The van der Waals surface area contributed by atoms with Crippen LogP contribution in [-0.4, -0.2) is 42.4 Å². The molecule has 1 saturated heterocycles. The van der Waals surface area contributed by atoms with Crippen LogP contribution in [0, 0.1) is 0 Å². The molecule has 5 heteroatoms. The highest BCUT2D eigenvalue weighted by molar-refractivity contribution is 9.10. The summed E-state index contributed by atoms with van der Waals surface area (Å²) in [6, 6.07) is 4.27. The number of rotatable bonds is 4. The van der Waals surface area contributed by atoms with Gasteiger partial charge in [0, 0.05) is 19.1 Å². The lowest BCUT2D eigenvalue weighted by Crippen LogP contribution is -2.42. The van der Waals surface area contributed by atoms with Crippen molar-refractivity contribution in [2.24, 2.45) is 0 Å². The minimum atomic E-state index is 0.167. The van der Waals surface area contributed by atoms with E-state index < -0.39 is 0 Å². The first-order chi connectivity index (χ1) is 9.11. The number of benzene rings is 1. The van der Waals surface area contributed by atoms with Crippen molar-refractivity contribution in [3.8, 4) is 11.5 Å². The first kappa shape index (κ1) is 14.6. The molecule has 1 atom stereocenters. The summed E-state index contributed by atoms with van der Waals surface area (Å²) in [5, 5.41) is 9.91. The van der Waals surface area contributed by atoms with Crippen LogP contribution >= 0.6 is 15.9 Å². The Morgan fingerprint density at radius 2 is 2.32 bits per heavy atom. The predicted molar refractivity (Wildman–Crippen MR) is 77.7 cm³/mol. The van der Waals surface area contributed by atoms with Crippen LogP contribution in [0.25, 0.3) is 0 Å². The molecular weight excluding hydrogens is 310 g/mol. The molecule has 1 aliphatic heterocycles. The van der Waals surface area contributed by atoms with Gasteiger partial charge in [-0.25, -0.2) is 0 Å². The molecule has 106 valence electrons. The van der Waals surface area contributed by atoms with Gasteiger partial charge in [0.25, 0.3) is 0 Å². The number of nitrogens with zero attached hydrogens (tertiary/aromatic N) is 1. The van der Waals surface area contributed by atoms with Crippen LogP contribution < -0.4 is 4.74 Å². The van der Waals surface area contributed by atoms with Crippen LogP contribution in [0.1, 0.15) is 19.4 Å². The van der Waals surface area contributed by atoms with E-state index in [0.29, 0.717) is 22.9 Å². The number of aromatic hydroxyl groups is 1. The van der Waals surface area contributed by atoms with Crippen LogP contribution in [0.4, 0.5) is 0 Å². The van der Waals surface area contributed by atoms with E-state index in [1.165, 1.54) is 0 Å². The minimum absolute atomic E-state index is 0.167. The third kappa shape index (κ3) is 3.61. The van der Waals surface area contributed by atoms with E-state index in [0.717, 1.165) is 31.9 Å². The van der Waals surface area contributed by atoms with Gasteiger partial charge in [-0.15, -0.1) is 0 Å². The summed E-state index contributed by atoms with van der Waals surface area (Å²) in [4.78, 5) is 2.37. The number of hydrogen-bond donors (Lipinski definition) is 1. The Bertz CT molecular complexity index is 439. The molecule has 0 aliphatic carbocycles. The highest BCUT2D eigenvalue weighted by atomic mass is 79.9. The normalized spacial score (nSPS) is 20.5. The van der Waals surface area contributed by atoms with Crippen molar-refractivity contribution >= 4 is 15.9 Å². The summed E-state index contributed by atoms with van der Waals surface area (Å²) in [6.07, 6.45) is 0. The molecule has 1 aliphatic rings. The molecule has 1 unspecified atom stereocenters. The molecule has 0 bridgehead atoms. The van der Waals surface area contributed by atoms with E-state index in [1.807, 2.05) is 19.1 Å². The van der Waals surface area contributed by atoms with Gasteiger partial charge >= 0.3 is 0 Å². The topological polar surface area (TPSA) is 41.9 Å². The van der Waals surface area contributed by atoms with Crippen molar-refractivity contribution in [3.05, 3.63) is 22.2 Å². The molecule has 1 N–H and O–H groups in total. The van der Waals surface area contributed by atoms with Gasteiger partial charge < -0.3 is 14.6 Å². The molecule has 1 aromatic carbocycles. The van der Waals surface area contributed by atoms with Crippen molar-refractivity contribution in [3.63, 3.8) is 0 Å². The number of halogens is 1. The fourth-order valence-electron chi connectivity index (χ4n) is 2.21. The Balaban J connectivity index is 2.15. The summed E-state index contributed by atoms with van der Waals surface area (Å²) in [6.45, 7) is 7.94. The molecule has 1 fully saturated rings. The molecule has 0 saturated carbocycles. The monoisotopic (exact) mass is 329 g/mol. The Kier molecular flexibility index (Phi) is 5.07. The van der Waals surface area contributed by atoms with Crippen LogP contribution in [0.15, 0.2) is 16.6 Å². The summed E-state index contributed by atoms with van der Waals surface area (Å²) < 4.78 is 11.6. The van der Waals surface area contributed by atoms with E-state index in [1.54, 1.807) is 0 Å². The molecule has 0 spiro atoms. The summed E-state index contributed by atoms with van der Waals surface area (Å²) in [5.74, 6) is 0.702. The van der Waals surface area contributed by atoms with Gasteiger partial charge in [0.1, 0.15) is 0 Å². The maximum Gasteiger partial charge on any atom is 0.172 e. The summed E-state index contributed by atoms with van der Waals surface area (Å²) >= 11 is 3.37. The second-order valence-corrected chi connectivity index (χ2v) is 5.61. The Morgan fingerprint density at radius 3 is 3.00 bits per heavy atom. The third-order valence-electron chi connectivity index (χ3n) is 3.28. The molecule has 19 heavy (non-hydrogen) atoms. The number of hydrogen-bond acceptors (Lipinski definition) is 4. The van der Waals surface area contributed by atoms with Crippen LogP contribution in [-0.2, 0) is 11.3 Å². The third-order valence-corrected chi connectivity index (χ3v) is 3.88. The van der Waals surface area contributed by atoms with Crippen molar-refractivity contribution in [1.82, 2.24) is 4.90 Å². The van der Waals surface area contributed by atoms with Gasteiger partial charge in [0.15, 0.2) is 11.5 Å². The lowest BCUT2D eigenvalue weighted by atomic mass is 10.1. The zero-order valence-electron chi connectivity index (χ0n) is 11.4. The van der Waals surface area contributed by atoms with Crippen molar-refractivity contribution in [2.45, 2.75) is 26.4 Å². The molecular formula is C14H20BrNO3. The van der Waals surface area contributed by atoms with Gasteiger partial charge in [0.2, 0.25) is 0 Å². The van der Waals surface area contributed by atoms with E-state index >= 15 is 0 Å². The molecule has 1 aromatic rings. The first-order valence-corrected chi connectivity index (χ1v) is 7.37. The Labute approximate surface area is 122 Å². The summed E-state index contributed by atoms with van der Waals surface area (Å²) in [5.41, 5.74) is 1.13. The highest BCUT2D eigenvalue weighted by Gasteiger charge is 2.19. The van der Waals surface area contributed by atoms with Crippen LogP contribution in [0.5, 0.6) is 11.5 Å². The van der Waals surface area contributed by atoms with Crippen molar-refractivity contribution < 1.29 is 14.6 Å². The average molecular weight is 330 g/mol. The van der Waals surface area contributed by atoms with E-state index in [-0.39, 0.29) is 5.75 Å². The van der Waals surface area contributed by atoms with Gasteiger partial charge in [0.05, 0.1) is 24.3 Å². The summed E-state index contributed by atoms with van der Waals surface area (Å²) in [7, 11) is 0. The fraction of sp³-hybridized carbons (Fsp3) is 0.571. The maximum atomic E-state index is 9.91. The first-order valence-electron chi connectivity index (χ1n) is 6.57. The molecule has 0 amide bonds. The fourth-order valence-corrected chi connectivity index (χ4v) is 2.70. The zero-order chi connectivity index (χ0) is 13.8. The van der Waals surface area contributed by atoms with E-state index in [4.69, 9.17) is 9.47 Å². The highest BCUT2D eigenvalue weighted by Crippen LogP contribution is 2.36. The number of phenolic OH excluding ortho intramolecular Hbond substituents is 1. The second kappa shape index (κ2) is 6.59. The minimum Gasteiger partial charge on any atom is -0.503 e. The van der Waals surface area contributed by atoms with Crippen LogP contribution in [0.2, 0.25) is 0 Å². The average Bonchev–Trinajstić information content (AvgIpc) is 2.38. The SMILES string of the molecule is CCOc1cc(CN2CCOCC2C)cc(Br)c1O. The van der Waals surface area contributed by atoms with Gasteiger partial charge in [-0.1, -0.05) is 0 Å². The standard InChI is InChI=1S/C14H20BrNO3/c1-3-19-13-7-11(6-12(15)14(13)17)8-16-4-5-18-9-10(16)2/h6-7,10,17H,3-5,8-9H2,1-2H3. The molecule has 0 radical (unpaired) electrons. The number of phenols is 1. The second-order valence-electron chi connectivity index (χ2n) is 4.75. The van der Waals surface area contributed by atoms with Crippen LogP contribution in [0.3, 0.4) is 0 Å². The smallest absolute Gasteiger partial charge is 0.172 e.